The van der Waals surface area contributed by atoms with Gasteiger partial charge in [0.15, 0.2) is 5.69 Å². The van der Waals surface area contributed by atoms with Crippen molar-refractivity contribution in [1.29, 1.82) is 0 Å². The first-order valence-electron chi connectivity index (χ1n) is 10.6. The van der Waals surface area contributed by atoms with E-state index in [4.69, 9.17) is 5.10 Å². The van der Waals surface area contributed by atoms with Crippen molar-refractivity contribution in [3.8, 4) is 11.3 Å². The van der Waals surface area contributed by atoms with Gasteiger partial charge in [0, 0.05) is 42.5 Å². The summed E-state index contributed by atoms with van der Waals surface area (Å²) in [5.41, 5.74) is 2.59. The minimum Gasteiger partial charge on any atom is -0.342 e. The predicted molar refractivity (Wildman–Crippen MR) is 110 cm³/mol. The van der Waals surface area contributed by atoms with E-state index in [1.54, 1.807) is 6.20 Å². The molecule has 32 heavy (non-hydrogen) atoms. The van der Waals surface area contributed by atoms with Crippen LogP contribution in [0.4, 0.5) is 13.2 Å². The van der Waals surface area contributed by atoms with E-state index >= 15 is 0 Å². The van der Waals surface area contributed by atoms with E-state index < -0.39 is 17.8 Å². The summed E-state index contributed by atoms with van der Waals surface area (Å²) in [7, 11) is 1.33. The molecule has 0 saturated heterocycles. The number of rotatable bonds is 4. The zero-order valence-electron chi connectivity index (χ0n) is 17.8. The van der Waals surface area contributed by atoms with E-state index in [1.165, 1.54) is 7.05 Å². The van der Waals surface area contributed by atoms with Gasteiger partial charge < -0.3 is 5.32 Å². The molecule has 7 nitrogen and oxygen atoms in total. The van der Waals surface area contributed by atoms with Crippen molar-refractivity contribution in [3.05, 3.63) is 53.2 Å². The lowest BCUT2D eigenvalue weighted by molar-refractivity contribution is -0.141. The second kappa shape index (κ2) is 7.18. The molecule has 4 heterocycles. The first-order valence-corrected chi connectivity index (χ1v) is 10.6. The van der Waals surface area contributed by atoms with E-state index in [-0.39, 0.29) is 17.2 Å². The van der Waals surface area contributed by atoms with Crippen molar-refractivity contribution < 1.29 is 18.0 Å². The normalized spacial score (nSPS) is 19.5. The average Bonchev–Trinajstić information content (AvgIpc) is 3.17. The van der Waals surface area contributed by atoms with Crippen LogP contribution in [-0.2, 0) is 25.2 Å². The number of aromatic nitrogens is 5. The second-order valence-corrected chi connectivity index (χ2v) is 8.87. The second-order valence-electron chi connectivity index (χ2n) is 8.87. The Balaban J connectivity index is 1.40. The minimum absolute atomic E-state index is 0.134. The average molecular weight is 444 g/mol. The number of fused-ring (bicyclic) bond motifs is 1. The van der Waals surface area contributed by atoms with E-state index in [0.29, 0.717) is 6.42 Å². The molecule has 168 valence electrons. The number of halogens is 3. The molecule has 2 aliphatic rings. The van der Waals surface area contributed by atoms with Crippen molar-refractivity contribution in [2.24, 2.45) is 7.05 Å². The number of pyridine rings is 1. The monoisotopic (exact) mass is 444 g/mol. The van der Waals surface area contributed by atoms with Gasteiger partial charge in [-0.05, 0) is 43.9 Å². The minimum atomic E-state index is -4.60. The standard InChI is InChI=1S/C22H23F3N6O/c1-21(6-7-21)18-10-13(5-8-26-18)15-11-16-14(4-3-9-31(16)28-15)27-20(32)17-12-19(22(23,24)25)29-30(17)2/h5,8,10-12,14H,3-4,6-7,9H2,1-2H3,(H,27,32)/t14-/m1/s1. The molecule has 1 N–H and O–H groups in total. The molecule has 0 aromatic carbocycles. The van der Waals surface area contributed by atoms with E-state index in [9.17, 15) is 18.0 Å². The van der Waals surface area contributed by atoms with Crippen LogP contribution in [0.3, 0.4) is 0 Å². The summed E-state index contributed by atoms with van der Waals surface area (Å²) in [6, 6.07) is 6.37. The van der Waals surface area contributed by atoms with Gasteiger partial charge in [-0.2, -0.15) is 23.4 Å². The molecule has 5 rings (SSSR count). The molecule has 3 aromatic heterocycles. The summed E-state index contributed by atoms with van der Waals surface area (Å²) in [4.78, 5) is 17.3. The maximum Gasteiger partial charge on any atom is 0.435 e. The van der Waals surface area contributed by atoms with Crippen molar-refractivity contribution in [3.63, 3.8) is 0 Å². The Bertz CT molecular complexity index is 1190. The number of alkyl halides is 3. The maximum atomic E-state index is 12.9. The van der Waals surface area contributed by atoms with E-state index in [1.807, 2.05) is 16.8 Å². The highest BCUT2D eigenvalue weighted by atomic mass is 19.4. The van der Waals surface area contributed by atoms with Gasteiger partial charge in [0.1, 0.15) is 5.69 Å². The van der Waals surface area contributed by atoms with Crippen LogP contribution in [-0.4, -0.2) is 30.5 Å². The Kier molecular flexibility index (Phi) is 4.65. The predicted octanol–water partition coefficient (Wildman–Crippen LogP) is 4.01. The molecule has 10 heteroatoms. The Labute approximate surface area is 182 Å². The number of amides is 1. The Morgan fingerprint density at radius 3 is 2.69 bits per heavy atom. The highest BCUT2D eigenvalue weighted by Crippen LogP contribution is 2.47. The summed E-state index contributed by atoms with van der Waals surface area (Å²) >= 11 is 0. The summed E-state index contributed by atoms with van der Waals surface area (Å²) in [6.45, 7) is 2.92. The molecular formula is C22H23F3N6O. The molecular weight excluding hydrogens is 421 g/mol. The third-order valence-corrected chi connectivity index (χ3v) is 6.41. The third-order valence-electron chi connectivity index (χ3n) is 6.41. The number of hydrogen-bond donors (Lipinski definition) is 1. The molecule has 0 unspecified atom stereocenters. The highest BCUT2D eigenvalue weighted by Gasteiger charge is 2.40. The largest absolute Gasteiger partial charge is 0.435 e. The molecule has 0 spiro atoms. The molecule has 1 saturated carbocycles. The van der Waals surface area contributed by atoms with Gasteiger partial charge in [0.05, 0.1) is 17.4 Å². The van der Waals surface area contributed by atoms with Gasteiger partial charge in [-0.25, -0.2) is 0 Å². The molecule has 1 aliphatic heterocycles. The molecule has 3 aromatic rings. The van der Waals surface area contributed by atoms with Crippen LogP contribution in [0.2, 0.25) is 0 Å². The quantitative estimate of drug-likeness (QED) is 0.660. The first-order chi connectivity index (χ1) is 15.1. The van der Waals surface area contributed by atoms with Crippen molar-refractivity contribution in [2.75, 3.05) is 0 Å². The fraction of sp³-hybridized carbons (Fsp3) is 0.455. The van der Waals surface area contributed by atoms with Crippen LogP contribution in [0.1, 0.15) is 66.2 Å². The van der Waals surface area contributed by atoms with Crippen LogP contribution in [0.5, 0.6) is 0 Å². The lowest BCUT2D eigenvalue weighted by Gasteiger charge is -2.24. The topological polar surface area (TPSA) is 77.6 Å². The van der Waals surface area contributed by atoms with Crippen LogP contribution in [0.25, 0.3) is 11.3 Å². The molecule has 1 atom stereocenters. The zero-order chi connectivity index (χ0) is 22.7. The van der Waals surface area contributed by atoms with Crippen molar-refractivity contribution in [2.45, 2.75) is 56.8 Å². The molecule has 0 radical (unpaired) electrons. The third kappa shape index (κ3) is 3.67. The van der Waals surface area contributed by atoms with Crippen LogP contribution < -0.4 is 5.32 Å². The van der Waals surface area contributed by atoms with Gasteiger partial charge in [-0.15, -0.1) is 0 Å². The molecule has 0 bridgehead atoms. The Morgan fingerprint density at radius 1 is 1.22 bits per heavy atom. The zero-order valence-corrected chi connectivity index (χ0v) is 17.8. The Morgan fingerprint density at radius 2 is 2.00 bits per heavy atom. The number of hydrogen-bond acceptors (Lipinski definition) is 4. The van der Waals surface area contributed by atoms with Gasteiger partial charge in [0.25, 0.3) is 5.91 Å². The smallest absolute Gasteiger partial charge is 0.342 e. The molecule has 1 fully saturated rings. The van der Waals surface area contributed by atoms with Gasteiger partial charge in [0.2, 0.25) is 0 Å². The fourth-order valence-corrected chi connectivity index (χ4v) is 4.19. The van der Waals surface area contributed by atoms with Crippen molar-refractivity contribution >= 4 is 5.91 Å². The number of carbonyl (C=O) groups is 1. The summed E-state index contributed by atoms with van der Waals surface area (Å²) in [5, 5.41) is 11.0. The van der Waals surface area contributed by atoms with Crippen molar-refractivity contribution in [1.82, 2.24) is 29.9 Å². The van der Waals surface area contributed by atoms with E-state index in [0.717, 1.165) is 59.2 Å². The number of nitrogens with zero attached hydrogens (tertiary/aromatic N) is 5. The maximum absolute atomic E-state index is 12.9. The summed E-state index contributed by atoms with van der Waals surface area (Å²) in [5.74, 6) is -0.593. The van der Waals surface area contributed by atoms with Crippen LogP contribution in [0, 0.1) is 0 Å². The van der Waals surface area contributed by atoms with Gasteiger partial charge in [-0.3, -0.25) is 19.1 Å². The first kappa shape index (κ1) is 20.7. The van der Waals surface area contributed by atoms with Gasteiger partial charge >= 0.3 is 6.18 Å². The number of aryl methyl sites for hydroxylation is 2. The number of carbonyl (C=O) groups excluding carboxylic acids is 1. The van der Waals surface area contributed by atoms with E-state index in [2.05, 4.69) is 28.4 Å². The van der Waals surface area contributed by atoms with Crippen LogP contribution in [0.15, 0.2) is 30.5 Å². The lowest BCUT2D eigenvalue weighted by atomic mass is 10.0. The fourth-order valence-electron chi connectivity index (χ4n) is 4.19. The summed E-state index contributed by atoms with van der Waals surface area (Å²) in [6.07, 6.45) is 0.934. The summed E-state index contributed by atoms with van der Waals surface area (Å²) < 4.78 is 41.7. The van der Waals surface area contributed by atoms with Crippen LogP contribution >= 0.6 is 0 Å². The number of nitrogens with one attached hydrogen (secondary N) is 1. The SMILES string of the molecule is Cn1nc(C(F)(F)F)cc1C(=O)N[C@@H]1CCCn2nc(-c3ccnc(C4(C)CC4)c3)cc21. The molecule has 1 aliphatic carbocycles. The lowest BCUT2D eigenvalue weighted by Crippen LogP contribution is -2.33. The highest BCUT2D eigenvalue weighted by molar-refractivity contribution is 5.93. The van der Waals surface area contributed by atoms with Gasteiger partial charge in [-0.1, -0.05) is 6.92 Å². The molecule has 1 amide bonds. The Hall–Kier alpha value is -3.17.